The minimum Gasteiger partial charge on any atom is -0.481 e. The molecule has 1 aliphatic carbocycles. The second-order valence-corrected chi connectivity index (χ2v) is 7.88. The highest BCUT2D eigenvalue weighted by Crippen LogP contribution is 2.31. The molecular formula is C15H19NO3S2. The van der Waals surface area contributed by atoms with Crippen molar-refractivity contribution in [2.45, 2.75) is 38.1 Å². The number of thiophene rings is 1. The van der Waals surface area contributed by atoms with Gasteiger partial charge in [0.15, 0.2) is 0 Å². The molecule has 1 saturated heterocycles. The van der Waals surface area contributed by atoms with E-state index in [4.69, 9.17) is 5.11 Å². The van der Waals surface area contributed by atoms with Crippen molar-refractivity contribution in [1.82, 2.24) is 4.90 Å². The molecule has 2 aliphatic rings. The molecule has 0 spiro atoms. The summed E-state index contributed by atoms with van der Waals surface area (Å²) in [7, 11) is 0. The number of carboxylic acids is 1. The van der Waals surface area contributed by atoms with E-state index in [-0.39, 0.29) is 18.4 Å². The van der Waals surface area contributed by atoms with Gasteiger partial charge in [0, 0.05) is 22.9 Å². The summed E-state index contributed by atoms with van der Waals surface area (Å²) >= 11 is 3.35. The lowest BCUT2D eigenvalue weighted by Gasteiger charge is -2.34. The molecule has 3 rings (SSSR count). The van der Waals surface area contributed by atoms with Crippen LogP contribution in [0.2, 0.25) is 0 Å². The third-order valence-electron chi connectivity index (χ3n) is 4.11. The van der Waals surface area contributed by atoms with Gasteiger partial charge >= 0.3 is 5.97 Å². The van der Waals surface area contributed by atoms with Gasteiger partial charge < -0.3 is 10.0 Å². The number of aryl methyl sites for hydroxylation is 2. The molecule has 114 valence electrons. The van der Waals surface area contributed by atoms with Crippen LogP contribution < -0.4 is 0 Å². The lowest BCUT2D eigenvalue weighted by Crippen LogP contribution is -2.46. The normalized spacial score (nSPS) is 21.9. The SMILES string of the molecule is O=C(O)CC1CSCCN1C(=O)c1cc2c(s1)CCCC2. The first-order chi connectivity index (χ1) is 10.1. The lowest BCUT2D eigenvalue weighted by molar-refractivity contribution is -0.138. The van der Waals surface area contributed by atoms with Gasteiger partial charge in [0.25, 0.3) is 5.91 Å². The third-order valence-corrected chi connectivity index (χ3v) is 6.42. The maximum atomic E-state index is 12.7. The molecule has 4 nitrogen and oxygen atoms in total. The van der Waals surface area contributed by atoms with Crippen molar-refractivity contribution >= 4 is 35.0 Å². The van der Waals surface area contributed by atoms with Crippen molar-refractivity contribution in [2.75, 3.05) is 18.1 Å². The number of nitrogens with zero attached hydrogens (tertiary/aromatic N) is 1. The first kappa shape index (κ1) is 14.9. The molecule has 6 heteroatoms. The first-order valence-electron chi connectivity index (χ1n) is 7.37. The van der Waals surface area contributed by atoms with E-state index < -0.39 is 5.97 Å². The smallest absolute Gasteiger partial charge is 0.305 e. The second-order valence-electron chi connectivity index (χ2n) is 5.59. The van der Waals surface area contributed by atoms with Crippen LogP contribution in [0.15, 0.2) is 6.07 Å². The van der Waals surface area contributed by atoms with E-state index in [1.807, 2.05) is 6.07 Å². The standard InChI is InChI=1S/C15H19NO3S2/c17-14(18)8-11-9-20-6-5-16(11)15(19)13-7-10-3-1-2-4-12(10)21-13/h7,11H,1-6,8-9H2,(H,17,18). The van der Waals surface area contributed by atoms with Gasteiger partial charge in [-0.05, 0) is 37.3 Å². The Balaban J connectivity index is 1.78. The average molecular weight is 325 g/mol. The molecule has 21 heavy (non-hydrogen) atoms. The van der Waals surface area contributed by atoms with E-state index >= 15 is 0 Å². The fourth-order valence-electron chi connectivity index (χ4n) is 3.03. The van der Waals surface area contributed by atoms with Crippen LogP contribution in [-0.2, 0) is 17.6 Å². The molecular weight excluding hydrogens is 306 g/mol. The molecule has 1 atom stereocenters. The summed E-state index contributed by atoms with van der Waals surface area (Å²) in [5, 5.41) is 9.02. The summed E-state index contributed by atoms with van der Waals surface area (Å²) in [6.07, 6.45) is 4.63. The Morgan fingerprint density at radius 2 is 2.14 bits per heavy atom. The molecule has 0 bridgehead atoms. The van der Waals surface area contributed by atoms with Gasteiger partial charge in [-0.1, -0.05) is 0 Å². The van der Waals surface area contributed by atoms with Crippen LogP contribution in [0.25, 0.3) is 0 Å². The predicted molar refractivity (Wildman–Crippen MR) is 85.4 cm³/mol. The summed E-state index contributed by atoms with van der Waals surface area (Å²) in [6, 6.07) is 1.87. The number of fused-ring (bicyclic) bond motifs is 1. The Morgan fingerprint density at radius 3 is 2.90 bits per heavy atom. The van der Waals surface area contributed by atoms with E-state index in [0.29, 0.717) is 6.54 Å². The Bertz CT molecular complexity index is 532. The van der Waals surface area contributed by atoms with Crippen molar-refractivity contribution in [3.8, 4) is 0 Å². The van der Waals surface area contributed by atoms with Gasteiger partial charge in [0.05, 0.1) is 17.3 Å². The van der Waals surface area contributed by atoms with Crippen LogP contribution in [0.5, 0.6) is 0 Å². The van der Waals surface area contributed by atoms with Crippen LogP contribution in [0.1, 0.15) is 39.4 Å². The first-order valence-corrected chi connectivity index (χ1v) is 9.34. The van der Waals surface area contributed by atoms with Crippen LogP contribution in [-0.4, -0.2) is 46.0 Å². The van der Waals surface area contributed by atoms with Crippen LogP contribution in [0.4, 0.5) is 0 Å². The van der Waals surface area contributed by atoms with Gasteiger partial charge in [0.2, 0.25) is 0 Å². The molecule has 1 amide bonds. The third kappa shape index (κ3) is 3.26. The Morgan fingerprint density at radius 1 is 1.33 bits per heavy atom. The second kappa shape index (κ2) is 6.40. The number of thioether (sulfide) groups is 1. The minimum absolute atomic E-state index is 0.0287. The Labute approximate surface area is 132 Å². The summed E-state index contributed by atoms with van der Waals surface area (Å²) in [6.45, 7) is 0.657. The zero-order chi connectivity index (χ0) is 14.8. The summed E-state index contributed by atoms with van der Waals surface area (Å²) in [5.41, 5.74) is 1.33. The van der Waals surface area contributed by atoms with E-state index in [9.17, 15) is 9.59 Å². The quantitative estimate of drug-likeness (QED) is 0.928. The highest BCUT2D eigenvalue weighted by molar-refractivity contribution is 7.99. The Kier molecular flexibility index (Phi) is 4.54. The number of carbonyl (C=O) groups excluding carboxylic acids is 1. The molecule has 0 aromatic carbocycles. The molecule has 1 fully saturated rings. The monoisotopic (exact) mass is 325 g/mol. The number of amides is 1. The summed E-state index contributed by atoms with van der Waals surface area (Å²) in [4.78, 5) is 27.7. The van der Waals surface area contributed by atoms with Crippen molar-refractivity contribution in [3.05, 3.63) is 21.4 Å². The number of hydrogen-bond acceptors (Lipinski definition) is 4. The maximum Gasteiger partial charge on any atom is 0.305 e. The number of rotatable bonds is 3. The molecule has 2 heterocycles. The van der Waals surface area contributed by atoms with Crippen LogP contribution in [0, 0.1) is 0 Å². The average Bonchev–Trinajstić information content (AvgIpc) is 2.90. The van der Waals surface area contributed by atoms with Crippen molar-refractivity contribution in [3.63, 3.8) is 0 Å². The highest BCUT2D eigenvalue weighted by atomic mass is 32.2. The zero-order valence-corrected chi connectivity index (χ0v) is 13.5. The van der Waals surface area contributed by atoms with Crippen molar-refractivity contribution in [2.24, 2.45) is 0 Å². The molecule has 0 saturated carbocycles. The fourth-order valence-corrected chi connectivity index (χ4v) is 5.30. The Hall–Kier alpha value is -1.01. The molecule has 0 radical (unpaired) electrons. The van der Waals surface area contributed by atoms with Gasteiger partial charge in [-0.15, -0.1) is 11.3 Å². The number of carbonyl (C=O) groups is 2. The van der Waals surface area contributed by atoms with E-state index in [0.717, 1.165) is 29.2 Å². The topological polar surface area (TPSA) is 57.6 Å². The maximum absolute atomic E-state index is 12.7. The van der Waals surface area contributed by atoms with Crippen molar-refractivity contribution < 1.29 is 14.7 Å². The van der Waals surface area contributed by atoms with Crippen LogP contribution in [0.3, 0.4) is 0 Å². The fraction of sp³-hybridized carbons (Fsp3) is 0.600. The predicted octanol–water partition coefficient (Wildman–Crippen LogP) is 2.66. The molecule has 1 unspecified atom stereocenters. The van der Waals surface area contributed by atoms with Gasteiger partial charge in [0.1, 0.15) is 0 Å². The van der Waals surface area contributed by atoms with Crippen molar-refractivity contribution in [1.29, 1.82) is 0 Å². The van der Waals surface area contributed by atoms with Gasteiger partial charge in [-0.2, -0.15) is 11.8 Å². The molecule has 1 aliphatic heterocycles. The van der Waals surface area contributed by atoms with E-state index in [2.05, 4.69) is 0 Å². The van der Waals surface area contributed by atoms with Gasteiger partial charge in [-0.3, -0.25) is 9.59 Å². The van der Waals surface area contributed by atoms with Gasteiger partial charge in [-0.25, -0.2) is 0 Å². The summed E-state index contributed by atoms with van der Waals surface area (Å²) < 4.78 is 0. The largest absolute Gasteiger partial charge is 0.481 e. The minimum atomic E-state index is -0.828. The van der Waals surface area contributed by atoms with E-state index in [1.165, 1.54) is 23.3 Å². The number of aliphatic carboxylic acids is 1. The number of hydrogen-bond donors (Lipinski definition) is 1. The molecule has 1 N–H and O–H groups in total. The highest BCUT2D eigenvalue weighted by Gasteiger charge is 2.31. The van der Waals surface area contributed by atoms with E-state index in [1.54, 1.807) is 28.0 Å². The molecule has 1 aromatic rings. The lowest BCUT2D eigenvalue weighted by atomic mass is 9.99. The number of carboxylic acid groups (broad SMARTS) is 1. The van der Waals surface area contributed by atoms with Crippen LogP contribution >= 0.6 is 23.1 Å². The zero-order valence-electron chi connectivity index (χ0n) is 11.8. The summed E-state index contributed by atoms with van der Waals surface area (Å²) in [5.74, 6) is 0.822. The molecule has 1 aromatic heterocycles.